The average molecular weight is 908 g/mol. The molecule has 2 aromatic carbocycles. The first kappa shape index (κ1) is 48.6. The number of carbonyl (C=O) groups excluding carboxylic acids is 4. The molecular formula is C46H61N13O7. The first-order valence-corrected chi connectivity index (χ1v) is 21.8. The van der Waals surface area contributed by atoms with Crippen LogP contribution >= 0.6 is 0 Å². The third kappa shape index (κ3) is 10.6. The number of hydrogen-bond donors (Lipinski definition) is 4. The molecule has 20 nitrogen and oxygen atoms in total. The molecule has 0 atom stereocenters. The Morgan fingerprint density at radius 3 is 2.08 bits per heavy atom. The van der Waals surface area contributed by atoms with Crippen molar-refractivity contribution in [3.63, 3.8) is 0 Å². The van der Waals surface area contributed by atoms with E-state index in [0.717, 1.165) is 44.7 Å². The van der Waals surface area contributed by atoms with Crippen LogP contribution in [0.4, 0.5) is 11.6 Å². The number of aliphatic imine (C=N–C) groups is 1. The smallest absolute Gasteiger partial charge is 0.296 e. The Hall–Kier alpha value is -6.90. The van der Waals surface area contributed by atoms with E-state index in [9.17, 15) is 24.3 Å². The summed E-state index contributed by atoms with van der Waals surface area (Å²) in [5.74, 6) is -0.775. The number of aromatic nitrogens is 6. The van der Waals surface area contributed by atoms with Crippen molar-refractivity contribution in [2.75, 3.05) is 76.4 Å². The highest BCUT2D eigenvalue weighted by Gasteiger charge is 2.32. The number of aliphatic hydroxyl groups is 1. The Kier molecular flexibility index (Phi) is 15.7. The number of piperazine rings is 1. The second-order valence-electron chi connectivity index (χ2n) is 15.9. The summed E-state index contributed by atoms with van der Waals surface area (Å²) in [4.78, 5) is 68.4. The predicted molar refractivity (Wildman–Crippen MR) is 252 cm³/mol. The monoisotopic (exact) mass is 907 g/mol. The number of benzene rings is 2. The molecule has 66 heavy (non-hydrogen) atoms. The van der Waals surface area contributed by atoms with Gasteiger partial charge in [-0.15, -0.1) is 0 Å². The van der Waals surface area contributed by atoms with Crippen LogP contribution in [0.1, 0.15) is 86.3 Å². The second-order valence-corrected chi connectivity index (χ2v) is 15.9. The van der Waals surface area contributed by atoms with E-state index in [2.05, 4.69) is 30.3 Å². The van der Waals surface area contributed by atoms with Crippen molar-refractivity contribution in [1.82, 2.24) is 38.9 Å². The molecule has 2 aliphatic rings. The number of nitrogens with two attached hydrogens (primary N) is 2. The highest BCUT2D eigenvalue weighted by molar-refractivity contribution is 6.14. The zero-order valence-corrected chi connectivity index (χ0v) is 37.5. The number of allylic oxidation sites excluding steroid dienone is 1. The lowest BCUT2D eigenvalue weighted by Gasteiger charge is -2.34. The number of anilines is 2. The fourth-order valence-electron chi connectivity index (χ4n) is 8.33. The number of carbonyl (C=O) groups is 4. The van der Waals surface area contributed by atoms with Crippen LogP contribution in [0.2, 0.25) is 0 Å². The van der Waals surface area contributed by atoms with Crippen LogP contribution in [0.5, 0.6) is 11.5 Å². The molecule has 5 aromatic rings. The summed E-state index contributed by atoms with van der Waals surface area (Å²) in [6.45, 7) is 14.3. The molecule has 1 saturated heterocycles. The number of aliphatic hydroxyl groups excluding tert-OH is 1. The van der Waals surface area contributed by atoms with E-state index in [4.69, 9.17) is 25.9 Å². The van der Waals surface area contributed by atoms with Gasteiger partial charge in [0.2, 0.25) is 17.8 Å². The third-order valence-electron chi connectivity index (χ3n) is 11.5. The predicted octanol–water partition coefficient (Wildman–Crippen LogP) is 3.42. The summed E-state index contributed by atoms with van der Waals surface area (Å²) in [6.07, 6.45) is 4.72. The van der Waals surface area contributed by atoms with Gasteiger partial charge in [-0.05, 0) is 76.1 Å². The van der Waals surface area contributed by atoms with Crippen LogP contribution < -0.4 is 31.2 Å². The summed E-state index contributed by atoms with van der Waals surface area (Å²) in [6, 6.07) is 9.83. The number of amides is 4. The van der Waals surface area contributed by atoms with E-state index in [0.29, 0.717) is 83.1 Å². The molecular weight excluding hydrogens is 847 g/mol. The number of nitrogens with one attached hydrogen (secondary N) is 1. The van der Waals surface area contributed by atoms with E-state index in [-0.39, 0.29) is 50.6 Å². The molecule has 4 amide bonds. The number of β-amino-alcohol motifs (C(OH)–C–C–N with tert-alkyl or cyclic N) is 1. The summed E-state index contributed by atoms with van der Waals surface area (Å²) in [5.41, 5.74) is 16.3. The van der Waals surface area contributed by atoms with Gasteiger partial charge in [-0.2, -0.15) is 15.2 Å². The number of primary amides is 2. The number of amidine groups is 1. The Bertz CT molecular complexity index is 2650. The number of hydrogen-bond acceptors (Lipinski definition) is 12. The van der Waals surface area contributed by atoms with E-state index in [1.807, 2.05) is 44.7 Å². The quantitative estimate of drug-likeness (QED) is 0.0687. The maximum absolute atomic E-state index is 13.9. The zero-order chi connectivity index (χ0) is 46.4. The molecule has 2 aliphatic heterocycles. The Morgan fingerprint density at radius 2 is 1.44 bits per heavy atom. The summed E-state index contributed by atoms with van der Waals surface area (Å²) in [5, 5.41) is 21.1. The lowest BCUT2D eigenvalue weighted by atomic mass is 10.1. The van der Waals surface area contributed by atoms with Crippen molar-refractivity contribution in [2.45, 2.75) is 67.6 Å². The Labute approximate surface area is 383 Å². The summed E-state index contributed by atoms with van der Waals surface area (Å²) >= 11 is 0. The molecule has 6 N–H and O–H groups in total. The van der Waals surface area contributed by atoms with Crippen LogP contribution in [-0.4, -0.2) is 140 Å². The maximum Gasteiger partial charge on any atom is 0.296 e. The first-order chi connectivity index (χ1) is 31.3. The fraction of sp³-hybridized carbons (Fsp3) is 0.435. The zero-order valence-electron chi connectivity index (χ0n) is 37.5. The maximum atomic E-state index is 13.9. The number of imidazole rings is 1. The molecule has 0 aliphatic carbocycles. The highest BCUT2D eigenvalue weighted by atomic mass is 16.5. The number of fused-ring (bicyclic) bond motifs is 2. The van der Waals surface area contributed by atoms with E-state index in [1.54, 1.807) is 44.3 Å². The van der Waals surface area contributed by atoms with Crippen molar-refractivity contribution in [2.24, 2.45) is 16.5 Å². The van der Waals surface area contributed by atoms with Gasteiger partial charge in [0.1, 0.15) is 34.2 Å². The van der Waals surface area contributed by atoms with E-state index < -0.39 is 23.6 Å². The topological polar surface area (TPSA) is 247 Å². The number of methoxy groups -OCH3 is 1. The molecule has 0 spiro atoms. The van der Waals surface area contributed by atoms with Gasteiger partial charge in [0.15, 0.2) is 0 Å². The Morgan fingerprint density at radius 1 is 0.833 bits per heavy atom. The van der Waals surface area contributed by atoms with Gasteiger partial charge in [0.05, 0.1) is 42.9 Å². The minimum Gasteiger partial charge on any atom is -0.494 e. The van der Waals surface area contributed by atoms with Crippen LogP contribution in [0.3, 0.4) is 0 Å². The molecule has 0 radical (unpaired) electrons. The molecule has 0 saturated carbocycles. The van der Waals surface area contributed by atoms with Gasteiger partial charge < -0.3 is 40.4 Å². The molecule has 352 valence electrons. The molecule has 3 aromatic heterocycles. The average Bonchev–Trinajstić information content (AvgIpc) is 4.06. The van der Waals surface area contributed by atoms with Gasteiger partial charge in [-0.1, -0.05) is 19.6 Å². The number of aryl methyl sites for hydroxylation is 4. The lowest BCUT2D eigenvalue weighted by molar-refractivity contribution is 0.0986. The van der Waals surface area contributed by atoms with Gasteiger partial charge in [-0.25, -0.2) is 4.98 Å². The van der Waals surface area contributed by atoms with Crippen molar-refractivity contribution >= 4 is 52.1 Å². The number of ether oxygens (including phenoxy) is 2. The van der Waals surface area contributed by atoms with Crippen molar-refractivity contribution in [3.8, 4) is 11.5 Å². The SMILES string of the molecule is C.CCn1nc(C)cc1C(=O)N=C1Cc2cc(C(N)=O)cc(OCCCN3CCN(CCO)CC3)c2N1C/C=C/Cn1c(NC(=O)c2cc(C)nn2CC)nc2cc(C(N)=O)cc(OC)c21. The van der Waals surface area contributed by atoms with Crippen molar-refractivity contribution in [1.29, 1.82) is 0 Å². The van der Waals surface area contributed by atoms with Crippen LogP contribution in [-0.2, 0) is 26.1 Å². The molecule has 0 bridgehead atoms. The summed E-state index contributed by atoms with van der Waals surface area (Å²) < 4.78 is 17.2. The molecule has 0 unspecified atom stereocenters. The fourth-order valence-corrected chi connectivity index (χ4v) is 8.33. The second kappa shape index (κ2) is 21.4. The molecule has 7 rings (SSSR count). The van der Waals surface area contributed by atoms with Crippen molar-refractivity contribution in [3.05, 3.63) is 88.0 Å². The van der Waals surface area contributed by atoms with Crippen LogP contribution in [0.15, 0.2) is 53.5 Å². The first-order valence-electron chi connectivity index (χ1n) is 21.8. The molecule has 1 fully saturated rings. The van der Waals surface area contributed by atoms with Gasteiger partial charge in [0, 0.05) is 83.0 Å². The van der Waals surface area contributed by atoms with Gasteiger partial charge in [-0.3, -0.25) is 38.8 Å². The molecule has 5 heterocycles. The van der Waals surface area contributed by atoms with Crippen molar-refractivity contribution < 1.29 is 33.8 Å². The standard InChI is InChI=1S/C45H57N13O7.CH4/c1-6-57-34(21-28(3)51-57)43(62)49-38-27-30-23-31(41(46)60)26-37(65-20-10-11-53-14-16-54(17-15-53)18-19-59)39(30)55(38)12-8-9-13-56-40-33(24-32(42(47)61)25-36(40)64-5)48-45(56)50-44(63)35-22-29(4)52-58(35)7-2;/h8-9,21-26,59H,6-7,10-20,27H2,1-5H3,(H2,46,60)(H2,47,61)(H,48,50,63);1H4/b9-8+,49-38?;. The highest BCUT2D eigenvalue weighted by Crippen LogP contribution is 2.40. The molecule has 20 heteroatoms. The largest absolute Gasteiger partial charge is 0.494 e. The minimum absolute atomic E-state index is 0. The number of nitrogens with zero attached hydrogens (tertiary/aromatic N) is 10. The van der Waals surface area contributed by atoms with E-state index in [1.165, 1.54) is 13.2 Å². The lowest BCUT2D eigenvalue weighted by Crippen LogP contribution is -2.47. The van der Waals surface area contributed by atoms with Gasteiger partial charge in [0.25, 0.3) is 11.8 Å². The van der Waals surface area contributed by atoms with Gasteiger partial charge >= 0.3 is 0 Å². The summed E-state index contributed by atoms with van der Waals surface area (Å²) in [7, 11) is 1.47. The normalized spacial score (nSPS) is 14.8. The van der Waals surface area contributed by atoms with Crippen LogP contribution in [0, 0.1) is 13.8 Å². The number of rotatable bonds is 19. The third-order valence-corrected chi connectivity index (χ3v) is 11.5. The van der Waals surface area contributed by atoms with Crippen LogP contribution in [0.25, 0.3) is 11.0 Å². The minimum atomic E-state index is -0.664. The van der Waals surface area contributed by atoms with E-state index >= 15 is 0 Å². The Balaban J connectivity index is 0.00000720.